The van der Waals surface area contributed by atoms with Gasteiger partial charge < -0.3 is 5.11 Å². The van der Waals surface area contributed by atoms with Gasteiger partial charge in [0, 0.05) is 6.07 Å². The summed E-state index contributed by atoms with van der Waals surface area (Å²) in [5.41, 5.74) is 0.558. The number of hydrogen-bond donors (Lipinski definition) is 1. The smallest absolute Gasteiger partial charge is 0.126 e. The minimum Gasteiger partial charge on any atom is -0.392 e. The van der Waals surface area contributed by atoms with Crippen LogP contribution in [0, 0.1) is 29.4 Å². The van der Waals surface area contributed by atoms with Crippen LogP contribution in [0.25, 0.3) is 0 Å². The zero-order chi connectivity index (χ0) is 12.7. The average Bonchev–Trinajstić information content (AvgIpc) is 2.88. The third-order valence-corrected chi connectivity index (χ3v) is 4.65. The fraction of sp³-hybridized carbons (Fsp3) is 0.600. The lowest BCUT2D eigenvalue weighted by Gasteiger charge is -2.26. The molecule has 0 radical (unpaired) electrons. The van der Waals surface area contributed by atoms with Crippen molar-refractivity contribution in [3.63, 3.8) is 0 Å². The molecule has 1 nitrogen and oxygen atoms in total. The van der Waals surface area contributed by atoms with Crippen LogP contribution in [0.4, 0.5) is 8.78 Å². The van der Waals surface area contributed by atoms with Crippen LogP contribution in [0.3, 0.4) is 0 Å². The monoisotopic (exact) mass is 252 g/mol. The van der Waals surface area contributed by atoms with Gasteiger partial charge in [-0.2, -0.15) is 0 Å². The van der Waals surface area contributed by atoms with Crippen molar-refractivity contribution in [2.24, 2.45) is 17.8 Å². The summed E-state index contributed by atoms with van der Waals surface area (Å²) >= 11 is 0. The van der Waals surface area contributed by atoms with Crippen LogP contribution in [-0.4, -0.2) is 11.2 Å². The van der Waals surface area contributed by atoms with E-state index < -0.39 is 17.7 Å². The van der Waals surface area contributed by atoms with E-state index in [1.165, 1.54) is 31.4 Å². The summed E-state index contributed by atoms with van der Waals surface area (Å²) in [5, 5.41) is 10.3. The molecule has 2 aliphatic carbocycles. The lowest BCUT2D eigenvalue weighted by molar-refractivity contribution is 0.0750. The molecule has 4 unspecified atom stereocenters. The summed E-state index contributed by atoms with van der Waals surface area (Å²) in [6.45, 7) is 0. The van der Waals surface area contributed by atoms with Crippen molar-refractivity contribution < 1.29 is 13.9 Å². The molecule has 2 fully saturated rings. The van der Waals surface area contributed by atoms with Gasteiger partial charge in [0.1, 0.15) is 11.6 Å². The molecule has 2 bridgehead atoms. The molecule has 3 heteroatoms. The summed E-state index contributed by atoms with van der Waals surface area (Å²) < 4.78 is 26.2. The van der Waals surface area contributed by atoms with Crippen LogP contribution in [0.5, 0.6) is 0 Å². The molecule has 1 N–H and O–H groups in total. The van der Waals surface area contributed by atoms with Crippen molar-refractivity contribution in [2.45, 2.75) is 38.2 Å². The molecule has 0 amide bonds. The Morgan fingerprint density at radius 1 is 1.11 bits per heavy atom. The number of fused-ring (bicyclic) bond motifs is 2. The quantitative estimate of drug-likeness (QED) is 0.875. The van der Waals surface area contributed by atoms with E-state index in [9.17, 15) is 13.9 Å². The highest BCUT2D eigenvalue weighted by Gasteiger charge is 2.42. The lowest BCUT2D eigenvalue weighted by Crippen LogP contribution is -2.27. The Morgan fingerprint density at radius 3 is 2.39 bits per heavy atom. The minimum atomic E-state index is -0.565. The zero-order valence-electron chi connectivity index (χ0n) is 10.3. The third kappa shape index (κ3) is 2.28. The second-order valence-electron chi connectivity index (χ2n) is 5.89. The first-order valence-electron chi connectivity index (χ1n) is 6.75. The minimum absolute atomic E-state index is 0.329. The van der Waals surface area contributed by atoms with Crippen molar-refractivity contribution in [1.82, 2.24) is 0 Å². The molecule has 0 saturated heterocycles. The maximum atomic E-state index is 13.1. The predicted octanol–water partition coefficient (Wildman–Crippen LogP) is 3.30. The summed E-state index contributed by atoms with van der Waals surface area (Å²) in [7, 11) is 0. The maximum absolute atomic E-state index is 13.1. The van der Waals surface area contributed by atoms with E-state index in [0.29, 0.717) is 23.8 Å². The third-order valence-electron chi connectivity index (χ3n) is 4.65. The highest BCUT2D eigenvalue weighted by Crippen LogP contribution is 2.49. The molecule has 0 heterocycles. The van der Waals surface area contributed by atoms with Crippen molar-refractivity contribution in [3.05, 3.63) is 35.4 Å². The first-order chi connectivity index (χ1) is 8.61. The van der Waals surface area contributed by atoms with Gasteiger partial charge in [-0.1, -0.05) is 6.42 Å². The number of aliphatic hydroxyl groups excluding tert-OH is 1. The van der Waals surface area contributed by atoms with E-state index >= 15 is 0 Å². The van der Waals surface area contributed by atoms with Crippen molar-refractivity contribution in [3.8, 4) is 0 Å². The Kier molecular flexibility index (Phi) is 3.10. The molecule has 18 heavy (non-hydrogen) atoms. The summed E-state index contributed by atoms with van der Waals surface area (Å²) in [4.78, 5) is 0. The van der Waals surface area contributed by atoms with Gasteiger partial charge >= 0.3 is 0 Å². The molecule has 2 saturated carbocycles. The van der Waals surface area contributed by atoms with Gasteiger partial charge in [0.15, 0.2) is 0 Å². The van der Waals surface area contributed by atoms with Crippen LogP contribution >= 0.6 is 0 Å². The van der Waals surface area contributed by atoms with E-state index in [2.05, 4.69) is 0 Å². The van der Waals surface area contributed by atoms with E-state index in [1.807, 2.05) is 0 Å². The van der Waals surface area contributed by atoms with Gasteiger partial charge in [-0.15, -0.1) is 0 Å². The van der Waals surface area contributed by atoms with E-state index in [4.69, 9.17) is 0 Å². The van der Waals surface area contributed by atoms with Gasteiger partial charge in [-0.25, -0.2) is 8.78 Å². The molecule has 4 atom stereocenters. The Morgan fingerprint density at radius 2 is 1.83 bits per heavy atom. The molecular weight excluding hydrogens is 234 g/mol. The lowest BCUT2D eigenvalue weighted by atomic mass is 9.82. The van der Waals surface area contributed by atoms with Crippen molar-refractivity contribution in [2.75, 3.05) is 0 Å². The first-order valence-corrected chi connectivity index (χ1v) is 6.75. The van der Waals surface area contributed by atoms with Crippen LogP contribution in [0.1, 0.15) is 31.2 Å². The largest absolute Gasteiger partial charge is 0.392 e. The van der Waals surface area contributed by atoms with E-state index in [-0.39, 0.29) is 0 Å². The zero-order valence-corrected chi connectivity index (χ0v) is 10.3. The van der Waals surface area contributed by atoms with Gasteiger partial charge in [0.05, 0.1) is 6.10 Å². The number of aliphatic hydroxyl groups is 1. The standard InChI is InChI=1S/C15H18F2O/c16-12-4-10(5-13(17)8-12)7-15(18)14-6-9-1-2-11(14)3-9/h4-5,8-9,11,14-15,18H,1-3,6-7H2. The Balaban J connectivity index is 1.68. The van der Waals surface area contributed by atoms with E-state index in [0.717, 1.165) is 18.4 Å². The summed E-state index contributed by atoms with van der Waals surface area (Å²) in [6, 6.07) is 3.51. The van der Waals surface area contributed by atoms with Crippen molar-refractivity contribution in [1.29, 1.82) is 0 Å². The van der Waals surface area contributed by atoms with Gasteiger partial charge in [-0.05, 0) is 61.1 Å². The normalized spacial score (nSPS) is 31.8. The second-order valence-corrected chi connectivity index (χ2v) is 5.89. The molecular formula is C15H18F2O. The average molecular weight is 252 g/mol. The van der Waals surface area contributed by atoms with Crippen LogP contribution in [-0.2, 0) is 6.42 Å². The highest BCUT2D eigenvalue weighted by molar-refractivity contribution is 5.19. The Hall–Kier alpha value is -0.960. The highest BCUT2D eigenvalue weighted by atomic mass is 19.1. The van der Waals surface area contributed by atoms with Crippen LogP contribution in [0.2, 0.25) is 0 Å². The molecule has 1 aromatic carbocycles. The van der Waals surface area contributed by atoms with Crippen LogP contribution < -0.4 is 0 Å². The molecule has 3 rings (SSSR count). The summed E-state index contributed by atoms with van der Waals surface area (Å²) in [5.74, 6) is 0.604. The number of hydrogen-bond acceptors (Lipinski definition) is 1. The molecule has 0 aromatic heterocycles. The number of halogens is 2. The number of rotatable bonds is 3. The predicted molar refractivity (Wildman–Crippen MR) is 65.0 cm³/mol. The second kappa shape index (κ2) is 4.61. The summed E-state index contributed by atoms with van der Waals surface area (Å²) in [6.07, 6.45) is 4.74. The van der Waals surface area contributed by atoms with Crippen LogP contribution in [0.15, 0.2) is 18.2 Å². The molecule has 2 aliphatic rings. The molecule has 0 spiro atoms. The molecule has 98 valence electrons. The van der Waals surface area contributed by atoms with E-state index in [1.54, 1.807) is 0 Å². The van der Waals surface area contributed by atoms with Gasteiger partial charge in [0.25, 0.3) is 0 Å². The van der Waals surface area contributed by atoms with Crippen molar-refractivity contribution >= 4 is 0 Å². The fourth-order valence-electron chi connectivity index (χ4n) is 3.89. The SMILES string of the molecule is OC(Cc1cc(F)cc(F)c1)C1CC2CCC1C2. The maximum Gasteiger partial charge on any atom is 0.126 e. The fourth-order valence-corrected chi connectivity index (χ4v) is 3.89. The Bertz CT molecular complexity index is 426. The molecule has 1 aromatic rings. The first kappa shape index (κ1) is 12.1. The Labute approximate surface area is 106 Å². The molecule has 0 aliphatic heterocycles. The van der Waals surface area contributed by atoms with Gasteiger partial charge in [0.2, 0.25) is 0 Å². The van der Waals surface area contributed by atoms with Gasteiger partial charge in [-0.3, -0.25) is 0 Å². The topological polar surface area (TPSA) is 20.2 Å². The number of benzene rings is 1.